The summed E-state index contributed by atoms with van der Waals surface area (Å²) in [6, 6.07) is 17.0. The third-order valence-corrected chi connectivity index (χ3v) is 3.43. The average Bonchev–Trinajstić information content (AvgIpc) is 2.84. The van der Waals surface area contributed by atoms with Crippen LogP contribution in [0.15, 0.2) is 59.7 Å². The van der Waals surface area contributed by atoms with Crippen molar-refractivity contribution in [3.05, 3.63) is 65.7 Å². The normalized spacial score (nSPS) is 13.5. The first-order valence-electron chi connectivity index (χ1n) is 6.99. The molecule has 1 aliphatic heterocycles. The zero-order valence-corrected chi connectivity index (χ0v) is 11.9. The van der Waals surface area contributed by atoms with E-state index >= 15 is 0 Å². The Morgan fingerprint density at radius 1 is 1.14 bits per heavy atom. The summed E-state index contributed by atoms with van der Waals surface area (Å²) >= 11 is 0. The lowest BCUT2D eigenvalue weighted by Crippen LogP contribution is -2.37. The minimum atomic E-state index is -0.322. The lowest BCUT2D eigenvalue weighted by Gasteiger charge is -2.15. The Hall–Kier alpha value is -2.95. The van der Waals surface area contributed by atoms with E-state index in [-0.39, 0.29) is 18.4 Å². The van der Waals surface area contributed by atoms with E-state index in [1.165, 1.54) is 4.90 Å². The van der Waals surface area contributed by atoms with E-state index in [2.05, 4.69) is 10.5 Å². The number of hydrogen-bond acceptors (Lipinski definition) is 3. The Labute approximate surface area is 128 Å². The van der Waals surface area contributed by atoms with Gasteiger partial charge in [-0.25, -0.2) is 5.43 Å². The summed E-state index contributed by atoms with van der Waals surface area (Å²) in [6.45, 7) is -0.0258. The summed E-state index contributed by atoms with van der Waals surface area (Å²) in [4.78, 5) is 25.4. The van der Waals surface area contributed by atoms with Crippen molar-refractivity contribution in [2.75, 3.05) is 11.4 Å². The molecule has 2 amide bonds. The molecule has 0 spiro atoms. The topological polar surface area (TPSA) is 61.8 Å². The molecule has 0 bridgehead atoms. The largest absolute Gasteiger partial charge is 0.302 e. The maximum atomic E-state index is 12.0. The summed E-state index contributed by atoms with van der Waals surface area (Å²) < 4.78 is 0. The van der Waals surface area contributed by atoms with Gasteiger partial charge in [-0.2, -0.15) is 5.10 Å². The number of carbonyl (C=O) groups is 2. The Morgan fingerprint density at radius 2 is 1.86 bits per heavy atom. The van der Waals surface area contributed by atoms with Gasteiger partial charge in [0, 0.05) is 5.69 Å². The van der Waals surface area contributed by atoms with E-state index in [0.29, 0.717) is 6.42 Å². The molecule has 5 heteroatoms. The van der Waals surface area contributed by atoms with Crippen molar-refractivity contribution in [3.63, 3.8) is 0 Å². The van der Waals surface area contributed by atoms with Crippen LogP contribution in [0.3, 0.4) is 0 Å². The SMILES string of the molecule is O=C(CN1C(=O)Cc2ccccc21)N/N=C/c1ccccc1. The van der Waals surface area contributed by atoms with Crippen LogP contribution in [0, 0.1) is 0 Å². The minimum absolute atomic E-state index is 0.0258. The molecule has 0 saturated carbocycles. The van der Waals surface area contributed by atoms with Gasteiger partial charge in [0.05, 0.1) is 12.6 Å². The van der Waals surface area contributed by atoms with Gasteiger partial charge in [-0.3, -0.25) is 9.59 Å². The van der Waals surface area contributed by atoms with Crippen molar-refractivity contribution in [3.8, 4) is 0 Å². The number of rotatable bonds is 4. The predicted molar refractivity (Wildman–Crippen MR) is 84.7 cm³/mol. The highest BCUT2D eigenvalue weighted by Crippen LogP contribution is 2.27. The van der Waals surface area contributed by atoms with Gasteiger partial charge in [-0.05, 0) is 17.2 Å². The quantitative estimate of drug-likeness (QED) is 0.689. The predicted octanol–water partition coefficient (Wildman–Crippen LogP) is 1.73. The number of fused-ring (bicyclic) bond motifs is 1. The van der Waals surface area contributed by atoms with E-state index in [9.17, 15) is 9.59 Å². The summed E-state index contributed by atoms with van der Waals surface area (Å²) in [7, 11) is 0. The van der Waals surface area contributed by atoms with Crippen molar-refractivity contribution in [2.24, 2.45) is 5.10 Å². The summed E-state index contributed by atoms with van der Waals surface area (Å²) in [5, 5.41) is 3.90. The molecule has 1 N–H and O–H groups in total. The maximum absolute atomic E-state index is 12.0. The highest BCUT2D eigenvalue weighted by atomic mass is 16.2. The van der Waals surface area contributed by atoms with E-state index in [0.717, 1.165) is 16.8 Å². The van der Waals surface area contributed by atoms with E-state index < -0.39 is 0 Å². The molecule has 0 unspecified atom stereocenters. The van der Waals surface area contributed by atoms with Gasteiger partial charge < -0.3 is 4.90 Å². The molecular formula is C17H15N3O2. The van der Waals surface area contributed by atoms with E-state index in [1.54, 1.807) is 6.21 Å². The summed E-state index contributed by atoms with van der Waals surface area (Å²) in [5.41, 5.74) is 5.09. The fraction of sp³-hybridized carbons (Fsp3) is 0.118. The van der Waals surface area contributed by atoms with Crippen LogP contribution in [0.1, 0.15) is 11.1 Å². The molecule has 0 atom stereocenters. The number of nitrogens with zero attached hydrogens (tertiary/aromatic N) is 2. The highest BCUT2D eigenvalue weighted by Gasteiger charge is 2.28. The van der Waals surface area contributed by atoms with Crippen molar-refractivity contribution >= 4 is 23.7 Å². The smallest absolute Gasteiger partial charge is 0.260 e. The molecule has 1 heterocycles. The fourth-order valence-corrected chi connectivity index (χ4v) is 2.39. The Morgan fingerprint density at radius 3 is 2.68 bits per heavy atom. The fourth-order valence-electron chi connectivity index (χ4n) is 2.39. The highest BCUT2D eigenvalue weighted by molar-refractivity contribution is 6.05. The lowest BCUT2D eigenvalue weighted by atomic mass is 10.2. The zero-order chi connectivity index (χ0) is 15.4. The van der Waals surface area contributed by atoms with Crippen LogP contribution >= 0.6 is 0 Å². The van der Waals surface area contributed by atoms with Gasteiger partial charge in [-0.1, -0.05) is 48.5 Å². The molecule has 0 saturated heterocycles. The van der Waals surface area contributed by atoms with Crippen LogP contribution < -0.4 is 10.3 Å². The number of nitrogens with one attached hydrogen (secondary N) is 1. The number of amides is 2. The second kappa shape index (κ2) is 6.22. The lowest BCUT2D eigenvalue weighted by molar-refractivity contribution is -0.123. The van der Waals surface area contributed by atoms with Gasteiger partial charge in [0.25, 0.3) is 5.91 Å². The van der Waals surface area contributed by atoms with Crippen LogP contribution in [-0.4, -0.2) is 24.6 Å². The molecule has 3 rings (SSSR count). The molecule has 0 radical (unpaired) electrons. The van der Waals surface area contributed by atoms with Crippen molar-refractivity contribution in [1.82, 2.24) is 5.43 Å². The third-order valence-electron chi connectivity index (χ3n) is 3.43. The summed E-state index contributed by atoms with van der Waals surface area (Å²) in [6.07, 6.45) is 1.91. The third kappa shape index (κ3) is 3.03. The van der Waals surface area contributed by atoms with Crippen LogP contribution in [0.5, 0.6) is 0 Å². The molecule has 2 aromatic rings. The standard InChI is InChI=1S/C17H15N3O2/c21-16(19-18-11-13-6-2-1-3-7-13)12-20-15-9-5-4-8-14(15)10-17(20)22/h1-9,11H,10,12H2,(H,19,21)/b18-11+. The molecule has 1 aliphatic rings. The second-order valence-corrected chi connectivity index (χ2v) is 4.99. The van der Waals surface area contributed by atoms with Gasteiger partial charge in [-0.15, -0.1) is 0 Å². The molecular weight excluding hydrogens is 278 g/mol. The van der Waals surface area contributed by atoms with Crippen molar-refractivity contribution < 1.29 is 9.59 Å². The van der Waals surface area contributed by atoms with E-state index in [4.69, 9.17) is 0 Å². The molecule has 0 aromatic heterocycles. The van der Waals surface area contributed by atoms with Gasteiger partial charge in [0.15, 0.2) is 0 Å². The van der Waals surface area contributed by atoms with Crippen LogP contribution in [-0.2, 0) is 16.0 Å². The molecule has 2 aromatic carbocycles. The molecule has 22 heavy (non-hydrogen) atoms. The van der Waals surface area contributed by atoms with Gasteiger partial charge >= 0.3 is 0 Å². The number of benzene rings is 2. The first-order chi connectivity index (χ1) is 10.7. The Bertz CT molecular complexity index is 726. The average molecular weight is 293 g/mol. The molecule has 0 fully saturated rings. The maximum Gasteiger partial charge on any atom is 0.260 e. The number of anilines is 1. The van der Waals surface area contributed by atoms with Crippen LogP contribution in [0.25, 0.3) is 0 Å². The van der Waals surface area contributed by atoms with Gasteiger partial charge in [0.1, 0.15) is 6.54 Å². The summed E-state index contributed by atoms with van der Waals surface area (Å²) in [5.74, 6) is -0.388. The van der Waals surface area contributed by atoms with Crippen molar-refractivity contribution in [1.29, 1.82) is 0 Å². The molecule has 0 aliphatic carbocycles. The Kier molecular flexibility index (Phi) is 3.96. The van der Waals surface area contributed by atoms with Crippen LogP contribution in [0.4, 0.5) is 5.69 Å². The number of para-hydroxylation sites is 1. The van der Waals surface area contributed by atoms with Crippen molar-refractivity contribution in [2.45, 2.75) is 6.42 Å². The zero-order valence-electron chi connectivity index (χ0n) is 11.9. The monoisotopic (exact) mass is 293 g/mol. The number of hydrazone groups is 1. The first kappa shape index (κ1) is 14.0. The van der Waals surface area contributed by atoms with Gasteiger partial charge in [0.2, 0.25) is 5.91 Å². The minimum Gasteiger partial charge on any atom is -0.302 e. The van der Waals surface area contributed by atoms with E-state index in [1.807, 2.05) is 54.6 Å². The molecule has 110 valence electrons. The molecule has 5 nitrogen and oxygen atoms in total. The number of hydrogen-bond donors (Lipinski definition) is 1. The Balaban J connectivity index is 1.61. The number of carbonyl (C=O) groups excluding carboxylic acids is 2. The van der Waals surface area contributed by atoms with Crippen LogP contribution in [0.2, 0.25) is 0 Å². The second-order valence-electron chi connectivity index (χ2n) is 4.99. The first-order valence-corrected chi connectivity index (χ1v) is 6.99.